The molecule has 144 valence electrons. The zero-order valence-corrected chi connectivity index (χ0v) is 17.0. The molecule has 0 saturated heterocycles. The van der Waals surface area contributed by atoms with Gasteiger partial charge in [0, 0.05) is 36.6 Å². The van der Waals surface area contributed by atoms with Crippen molar-refractivity contribution in [1.82, 2.24) is 19.7 Å². The van der Waals surface area contributed by atoms with E-state index in [1.807, 2.05) is 30.3 Å². The van der Waals surface area contributed by atoms with E-state index in [9.17, 15) is 0 Å². The molecule has 2 aromatic heterocycles. The summed E-state index contributed by atoms with van der Waals surface area (Å²) in [5.41, 5.74) is 11.4. The lowest BCUT2D eigenvalue weighted by atomic mass is 9.85. The molecular weight excluding hydrogens is 334 g/mol. The third-order valence-electron chi connectivity index (χ3n) is 5.60. The van der Waals surface area contributed by atoms with Gasteiger partial charge in [0.1, 0.15) is 5.82 Å². The zero-order valence-electron chi connectivity index (χ0n) is 17.0. The summed E-state index contributed by atoms with van der Waals surface area (Å²) in [5, 5.41) is 4.24. The van der Waals surface area contributed by atoms with Gasteiger partial charge in [0.2, 0.25) is 0 Å². The molecular formula is C22H31N5. The highest BCUT2D eigenvalue weighted by molar-refractivity contribution is 5.62. The van der Waals surface area contributed by atoms with Crippen LogP contribution in [0.25, 0.3) is 11.1 Å². The second kappa shape index (κ2) is 7.69. The SMILES string of the molecule is CCC(C)(C)Cc1cnc(C(N)C(C)c2ccc(-c3cnn(C)c3)cc2)[nH]1. The van der Waals surface area contributed by atoms with Crippen LogP contribution in [-0.4, -0.2) is 19.7 Å². The summed E-state index contributed by atoms with van der Waals surface area (Å²) in [6.45, 7) is 8.93. The molecule has 27 heavy (non-hydrogen) atoms. The Morgan fingerprint density at radius 1 is 1.15 bits per heavy atom. The van der Waals surface area contributed by atoms with Crippen LogP contribution in [0.15, 0.2) is 42.9 Å². The van der Waals surface area contributed by atoms with Crippen LogP contribution < -0.4 is 5.73 Å². The number of imidazole rings is 1. The first-order valence-electron chi connectivity index (χ1n) is 9.67. The fourth-order valence-corrected chi connectivity index (χ4v) is 3.27. The van der Waals surface area contributed by atoms with Gasteiger partial charge in [-0.25, -0.2) is 4.98 Å². The third kappa shape index (κ3) is 4.48. The Kier molecular flexibility index (Phi) is 5.51. The smallest absolute Gasteiger partial charge is 0.123 e. The molecule has 2 heterocycles. The quantitative estimate of drug-likeness (QED) is 0.643. The van der Waals surface area contributed by atoms with Crippen molar-refractivity contribution in [3.63, 3.8) is 0 Å². The Hall–Kier alpha value is -2.40. The largest absolute Gasteiger partial charge is 0.345 e. The number of nitrogens with zero attached hydrogens (tertiary/aromatic N) is 3. The molecule has 0 bridgehead atoms. The predicted molar refractivity (Wildman–Crippen MR) is 110 cm³/mol. The molecule has 3 N–H and O–H groups in total. The lowest BCUT2D eigenvalue weighted by Crippen LogP contribution is -2.19. The second-order valence-electron chi connectivity index (χ2n) is 8.33. The van der Waals surface area contributed by atoms with E-state index < -0.39 is 0 Å². The molecule has 0 saturated carbocycles. The van der Waals surface area contributed by atoms with E-state index in [1.165, 1.54) is 5.56 Å². The summed E-state index contributed by atoms with van der Waals surface area (Å²) >= 11 is 0. The fraction of sp³-hybridized carbons (Fsp3) is 0.455. The van der Waals surface area contributed by atoms with Gasteiger partial charge in [-0.05, 0) is 23.0 Å². The van der Waals surface area contributed by atoms with E-state index in [-0.39, 0.29) is 17.4 Å². The first-order chi connectivity index (χ1) is 12.8. The van der Waals surface area contributed by atoms with Crippen molar-refractivity contribution in [1.29, 1.82) is 0 Å². The number of nitrogens with one attached hydrogen (secondary N) is 1. The minimum Gasteiger partial charge on any atom is -0.345 e. The number of rotatable bonds is 7. The number of benzene rings is 1. The third-order valence-corrected chi connectivity index (χ3v) is 5.60. The van der Waals surface area contributed by atoms with Crippen molar-refractivity contribution in [2.24, 2.45) is 18.2 Å². The summed E-state index contributed by atoms with van der Waals surface area (Å²) in [5.74, 6) is 1.03. The van der Waals surface area contributed by atoms with E-state index in [1.54, 1.807) is 0 Å². The van der Waals surface area contributed by atoms with E-state index in [2.05, 4.69) is 67.0 Å². The molecule has 0 aliphatic heterocycles. The minimum atomic E-state index is -0.160. The molecule has 5 heteroatoms. The van der Waals surface area contributed by atoms with Gasteiger partial charge in [0.05, 0.1) is 12.2 Å². The molecule has 1 aromatic carbocycles. The van der Waals surface area contributed by atoms with Gasteiger partial charge >= 0.3 is 0 Å². The van der Waals surface area contributed by atoms with Crippen LogP contribution in [0.5, 0.6) is 0 Å². The Balaban J connectivity index is 1.72. The number of H-pyrrole nitrogens is 1. The number of hydrogen-bond donors (Lipinski definition) is 2. The van der Waals surface area contributed by atoms with Crippen LogP contribution in [0.4, 0.5) is 0 Å². The Morgan fingerprint density at radius 3 is 2.44 bits per heavy atom. The predicted octanol–water partition coefficient (Wildman–Crippen LogP) is 4.59. The van der Waals surface area contributed by atoms with Gasteiger partial charge in [0.15, 0.2) is 0 Å². The Morgan fingerprint density at radius 2 is 1.85 bits per heavy atom. The van der Waals surface area contributed by atoms with Crippen molar-refractivity contribution < 1.29 is 0 Å². The molecule has 0 aliphatic carbocycles. The lowest BCUT2D eigenvalue weighted by Gasteiger charge is -2.21. The van der Waals surface area contributed by atoms with Gasteiger partial charge in [-0.1, -0.05) is 58.4 Å². The van der Waals surface area contributed by atoms with Crippen molar-refractivity contribution >= 4 is 0 Å². The summed E-state index contributed by atoms with van der Waals surface area (Å²) in [7, 11) is 1.93. The van der Waals surface area contributed by atoms with Crippen molar-refractivity contribution in [2.45, 2.75) is 52.5 Å². The maximum atomic E-state index is 6.53. The normalized spacial score (nSPS) is 14.3. The summed E-state index contributed by atoms with van der Waals surface area (Å²) in [6, 6.07) is 8.40. The van der Waals surface area contributed by atoms with Crippen LogP contribution in [0, 0.1) is 5.41 Å². The molecule has 0 amide bonds. The summed E-state index contributed by atoms with van der Waals surface area (Å²) in [6.07, 6.45) is 7.95. The fourth-order valence-electron chi connectivity index (χ4n) is 3.27. The molecule has 2 unspecified atom stereocenters. The van der Waals surface area contributed by atoms with Crippen molar-refractivity contribution in [3.8, 4) is 11.1 Å². The minimum absolute atomic E-state index is 0.160. The lowest BCUT2D eigenvalue weighted by molar-refractivity contribution is 0.345. The molecule has 0 radical (unpaired) electrons. The summed E-state index contributed by atoms with van der Waals surface area (Å²) in [4.78, 5) is 8.00. The van der Waals surface area contributed by atoms with Crippen LogP contribution >= 0.6 is 0 Å². The van der Waals surface area contributed by atoms with Crippen molar-refractivity contribution in [2.75, 3.05) is 0 Å². The van der Waals surface area contributed by atoms with Crippen LogP contribution in [0.1, 0.15) is 63.2 Å². The Bertz CT molecular complexity index is 872. The van der Waals surface area contributed by atoms with Gasteiger partial charge in [0.25, 0.3) is 0 Å². The number of nitrogens with two attached hydrogens (primary N) is 1. The summed E-state index contributed by atoms with van der Waals surface area (Å²) < 4.78 is 1.82. The molecule has 0 spiro atoms. The van der Waals surface area contributed by atoms with Crippen LogP contribution in [0.3, 0.4) is 0 Å². The number of aryl methyl sites for hydroxylation is 1. The monoisotopic (exact) mass is 365 g/mol. The zero-order chi connectivity index (χ0) is 19.6. The Labute approximate surface area is 162 Å². The molecule has 0 fully saturated rings. The maximum absolute atomic E-state index is 6.53. The maximum Gasteiger partial charge on any atom is 0.123 e. The van der Waals surface area contributed by atoms with Gasteiger partial charge in [-0.2, -0.15) is 5.10 Å². The topological polar surface area (TPSA) is 72.5 Å². The first kappa shape index (κ1) is 19.4. The first-order valence-corrected chi connectivity index (χ1v) is 9.67. The van der Waals surface area contributed by atoms with E-state index >= 15 is 0 Å². The highest BCUT2D eigenvalue weighted by Crippen LogP contribution is 2.30. The number of aromatic amines is 1. The molecule has 3 aromatic rings. The molecule has 5 nitrogen and oxygen atoms in total. The van der Waals surface area contributed by atoms with Crippen LogP contribution in [-0.2, 0) is 13.5 Å². The second-order valence-corrected chi connectivity index (χ2v) is 8.33. The standard InChI is InChI=1S/C22H31N5/c1-6-22(3,4)11-19-13-24-21(26-19)20(23)15(2)16-7-9-17(10-8-16)18-12-25-27(5)14-18/h7-10,12-15,20H,6,11,23H2,1-5H3,(H,24,26). The van der Waals surface area contributed by atoms with Crippen molar-refractivity contribution in [3.05, 3.63) is 59.9 Å². The molecule has 3 rings (SSSR count). The van der Waals surface area contributed by atoms with E-state index in [0.29, 0.717) is 0 Å². The number of aromatic nitrogens is 4. The highest BCUT2D eigenvalue weighted by Gasteiger charge is 2.22. The van der Waals surface area contributed by atoms with Gasteiger partial charge in [-0.15, -0.1) is 0 Å². The average Bonchev–Trinajstić information content (AvgIpc) is 3.29. The molecule has 2 atom stereocenters. The number of hydrogen-bond acceptors (Lipinski definition) is 3. The van der Waals surface area contributed by atoms with Crippen LogP contribution in [0.2, 0.25) is 0 Å². The van der Waals surface area contributed by atoms with E-state index in [0.717, 1.165) is 35.5 Å². The van der Waals surface area contributed by atoms with Gasteiger partial charge < -0.3 is 10.7 Å². The highest BCUT2D eigenvalue weighted by atomic mass is 15.2. The van der Waals surface area contributed by atoms with Gasteiger partial charge in [-0.3, -0.25) is 4.68 Å². The van der Waals surface area contributed by atoms with E-state index in [4.69, 9.17) is 5.73 Å². The average molecular weight is 366 g/mol. The molecule has 0 aliphatic rings.